The van der Waals surface area contributed by atoms with Gasteiger partial charge in [0.05, 0.1) is 23.3 Å². The Morgan fingerprint density at radius 1 is 1.08 bits per heavy atom. The number of hydrogen-bond donors (Lipinski definition) is 1. The monoisotopic (exact) mass is 336 g/mol. The van der Waals surface area contributed by atoms with Crippen LogP contribution in [0.5, 0.6) is 0 Å². The Balaban J connectivity index is 1.62. The molecule has 126 valence electrons. The van der Waals surface area contributed by atoms with Crippen LogP contribution in [0.4, 0.5) is 10.1 Å². The number of fused-ring (bicyclic) bond motifs is 2. The SMILES string of the molecule is O=C1[C@@H]2CNC[C@@H]2CN1c1cccc2c1cnn2-c1ccccc1F. The summed E-state index contributed by atoms with van der Waals surface area (Å²) in [7, 11) is 0. The third kappa shape index (κ3) is 2.10. The second kappa shape index (κ2) is 5.39. The van der Waals surface area contributed by atoms with Crippen LogP contribution in [0, 0.1) is 17.7 Å². The Morgan fingerprint density at radius 3 is 2.76 bits per heavy atom. The molecule has 5 nitrogen and oxygen atoms in total. The van der Waals surface area contributed by atoms with E-state index >= 15 is 0 Å². The van der Waals surface area contributed by atoms with E-state index in [4.69, 9.17) is 0 Å². The number of benzene rings is 2. The lowest BCUT2D eigenvalue weighted by atomic mass is 10.0. The molecule has 2 saturated heterocycles. The maximum Gasteiger partial charge on any atom is 0.231 e. The average Bonchev–Trinajstić information content (AvgIpc) is 3.32. The molecule has 0 saturated carbocycles. The van der Waals surface area contributed by atoms with Crippen LogP contribution >= 0.6 is 0 Å². The van der Waals surface area contributed by atoms with Crippen molar-refractivity contribution in [2.75, 3.05) is 24.5 Å². The number of halogens is 1. The first kappa shape index (κ1) is 14.6. The van der Waals surface area contributed by atoms with Crippen LogP contribution in [-0.4, -0.2) is 35.3 Å². The molecule has 1 amide bonds. The highest BCUT2D eigenvalue weighted by Crippen LogP contribution is 2.36. The molecule has 3 heterocycles. The van der Waals surface area contributed by atoms with Crippen LogP contribution in [-0.2, 0) is 4.79 Å². The minimum absolute atomic E-state index is 0.0665. The largest absolute Gasteiger partial charge is 0.316 e. The van der Waals surface area contributed by atoms with E-state index in [-0.39, 0.29) is 17.6 Å². The van der Waals surface area contributed by atoms with E-state index in [2.05, 4.69) is 10.4 Å². The molecule has 0 radical (unpaired) electrons. The highest BCUT2D eigenvalue weighted by Gasteiger charge is 2.44. The maximum atomic E-state index is 14.2. The molecule has 0 spiro atoms. The van der Waals surface area contributed by atoms with E-state index in [0.717, 1.165) is 36.2 Å². The van der Waals surface area contributed by atoms with Crippen molar-refractivity contribution in [1.29, 1.82) is 0 Å². The Bertz CT molecular complexity index is 982. The number of nitrogens with zero attached hydrogens (tertiary/aromatic N) is 3. The Labute approximate surface area is 144 Å². The van der Waals surface area contributed by atoms with E-state index in [9.17, 15) is 9.18 Å². The van der Waals surface area contributed by atoms with Gasteiger partial charge in [-0.15, -0.1) is 0 Å². The van der Waals surface area contributed by atoms with Gasteiger partial charge in [0.1, 0.15) is 11.5 Å². The van der Waals surface area contributed by atoms with E-state index in [1.807, 2.05) is 23.1 Å². The Hall–Kier alpha value is -2.73. The fourth-order valence-electron chi connectivity index (χ4n) is 4.04. The number of amides is 1. The number of aromatic nitrogens is 2. The van der Waals surface area contributed by atoms with Crippen LogP contribution in [0.15, 0.2) is 48.7 Å². The van der Waals surface area contributed by atoms with Gasteiger partial charge in [0.15, 0.2) is 0 Å². The molecule has 2 atom stereocenters. The number of nitrogens with one attached hydrogen (secondary N) is 1. The van der Waals surface area contributed by atoms with Gasteiger partial charge in [0.25, 0.3) is 0 Å². The van der Waals surface area contributed by atoms with Crippen molar-refractivity contribution in [2.45, 2.75) is 0 Å². The summed E-state index contributed by atoms with van der Waals surface area (Å²) in [6, 6.07) is 12.3. The van der Waals surface area contributed by atoms with Gasteiger partial charge in [0, 0.05) is 30.9 Å². The lowest BCUT2D eigenvalue weighted by Crippen LogP contribution is -2.30. The molecule has 2 fully saturated rings. The molecule has 1 N–H and O–H groups in total. The zero-order valence-electron chi connectivity index (χ0n) is 13.5. The molecule has 2 aromatic carbocycles. The zero-order valence-corrected chi connectivity index (χ0v) is 13.5. The van der Waals surface area contributed by atoms with Crippen LogP contribution in [0.3, 0.4) is 0 Å². The highest BCUT2D eigenvalue weighted by molar-refractivity contribution is 6.05. The molecule has 2 aliphatic rings. The quantitative estimate of drug-likeness (QED) is 0.781. The van der Waals surface area contributed by atoms with Gasteiger partial charge in [-0.1, -0.05) is 18.2 Å². The predicted octanol–water partition coefficient (Wildman–Crippen LogP) is 2.35. The number of rotatable bonds is 2. The summed E-state index contributed by atoms with van der Waals surface area (Å²) in [6.45, 7) is 2.36. The van der Waals surface area contributed by atoms with Crippen LogP contribution in [0.1, 0.15) is 0 Å². The summed E-state index contributed by atoms with van der Waals surface area (Å²) in [4.78, 5) is 14.6. The molecular formula is C19H17FN4O. The molecule has 25 heavy (non-hydrogen) atoms. The minimum Gasteiger partial charge on any atom is -0.316 e. The lowest BCUT2D eigenvalue weighted by Gasteiger charge is -2.19. The number of para-hydroxylation sites is 1. The van der Waals surface area contributed by atoms with Gasteiger partial charge in [-0.25, -0.2) is 9.07 Å². The number of carbonyl (C=O) groups excluding carboxylic acids is 1. The fourth-order valence-corrected chi connectivity index (χ4v) is 4.04. The van der Waals surface area contributed by atoms with Gasteiger partial charge in [-0.2, -0.15) is 5.10 Å². The van der Waals surface area contributed by atoms with Crippen molar-refractivity contribution in [1.82, 2.24) is 15.1 Å². The smallest absolute Gasteiger partial charge is 0.231 e. The molecule has 0 bridgehead atoms. The van der Waals surface area contributed by atoms with E-state index in [1.165, 1.54) is 6.07 Å². The Morgan fingerprint density at radius 2 is 1.92 bits per heavy atom. The van der Waals surface area contributed by atoms with Crippen molar-refractivity contribution >= 4 is 22.5 Å². The summed E-state index contributed by atoms with van der Waals surface area (Å²) < 4.78 is 15.8. The summed E-state index contributed by atoms with van der Waals surface area (Å²) in [5.74, 6) is 0.276. The van der Waals surface area contributed by atoms with E-state index < -0.39 is 0 Å². The number of anilines is 1. The molecule has 6 heteroatoms. The normalized spacial score (nSPS) is 22.8. The molecule has 0 unspecified atom stereocenters. The van der Waals surface area contributed by atoms with E-state index in [1.54, 1.807) is 29.1 Å². The molecule has 3 aromatic rings. The summed E-state index contributed by atoms with van der Waals surface area (Å²) in [5.41, 5.74) is 2.06. The van der Waals surface area contributed by atoms with Crippen molar-refractivity contribution in [3.05, 3.63) is 54.5 Å². The van der Waals surface area contributed by atoms with Crippen molar-refractivity contribution in [3.63, 3.8) is 0 Å². The van der Waals surface area contributed by atoms with Gasteiger partial charge in [0.2, 0.25) is 5.91 Å². The number of hydrogen-bond acceptors (Lipinski definition) is 3. The Kier molecular flexibility index (Phi) is 3.15. The summed E-state index contributed by atoms with van der Waals surface area (Å²) in [6.07, 6.45) is 1.72. The van der Waals surface area contributed by atoms with Crippen LogP contribution in [0.2, 0.25) is 0 Å². The second-order valence-corrected chi connectivity index (χ2v) is 6.69. The van der Waals surface area contributed by atoms with Crippen molar-refractivity contribution < 1.29 is 9.18 Å². The van der Waals surface area contributed by atoms with Gasteiger partial charge >= 0.3 is 0 Å². The average molecular weight is 336 g/mol. The highest BCUT2D eigenvalue weighted by atomic mass is 19.1. The van der Waals surface area contributed by atoms with Gasteiger partial charge in [-0.3, -0.25) is 4.79 Å². The van der Waals surface area contributed by atoms with Crippen LogP contribution in [0.25, 0.3) is 16.6 Å². The predicted molar refractivity (Wildman–Crippen MR) is 93.2 cm³/mol. The third-order valence-corrected chi connectivity index (χ3v) is 5.30. The number of carbonyl (C=O) groups is 1. The first-order valence-corrected chi connectivity index (χ1v) is 8.48. The van der Waals surface area contributed by atoms with E-state index in [0.29, 0.717) is 11.6 Å². The molecule has 2 aliphatic heterocycles. The topological polar surface area (TPSA) is 50.2 Å². The summed E-state index contributed by atoms with van der Waals surface area (Å²) in [5, 5.41) is 8.54. The van der Waals surface area contributed by atoms with Gasteiger partial charge < -0.3 is 10.2 Å². The fraction of sp³-hybridized carbons (Fsp3) is 0.263. The van der Waals surface area contributed by atoms with Gasteiger partial charge in [-0.05, 0) is 24.3 Å². The van der Waals surface area contributed by atoms with Crippen molar-refractivity contribution in [2.24, 2.45) is 11.8 Å². The molecular weight excluding hydrogens is 319 g/mol. The minimum atomic E-state index is -0.323. The maximum absolute atomic E-state index is 14.2. The standard InChI is InChI=1S/C19H17FN4O/c20-15-4-1-2-5-18(15)24-17-7-3-6-16(14(17)10-22-24)23-11-12-8-21-9-13(12)19(23)25/h1-7,10,12-13,21H,8-9,11H2/t12-,13-/m1/s1. The first-order chi connectivity index (χ1) is 12.2. The molecule has 0 aliphatic carbocycles. The summed E-state index contributed by atoms with van der Waals surface area (Å²) >= 11 is 0. The second-order valence-electron chi connectivity index (χ2n) is 6.69. The van der Waals surface area contributed by atoms with Crippen molar-refractivity contribution in [3.8, 4) is 5.69 Å². The first-order valence-electron chi connectivity index (χ1n) is 8.48. The molecule has 1 aromatic heterocycles. The lowest BCUT2D eigenvalue weighted by molar-refractivity contribution is -0.120. The third-order valence-electron chi connectivity index (χ3n) is 5.30. The zero-order chi connectivity index (χ0) is 17.0. The molecule has 5 rings (SSSR count). The van der Waals surface area contributed by atoms with Crippen LogP contribution < -0.4 is 10.2 Å².